The molecule has 1 amide bonds. The number of amides is 1. The van der Waals surface area contributed by atoms with Crippen LogP contribution in [0, 0.1) is 0 Å². The molecular formula is C19H27NO8. The Morgan fingerprint density at radius 3 is 2.46 bits per heavy atom. The Kier molecular flexibility index (Phi) is 9.40. The van der Waals surface area contributed by atoms with Crippen LogP contribution in [0.4, 0.5) is 5.69 Å². The van der Waals surface area contributed by atoms with Crippen LogP contribution < -0.4 is 10.1 Å². The summed E-state index contributed by atoms with van der Waals surface area (Å²) in [6, 6.07) is 4.76. The molecule has 0 aromatic heterocycles. The third-order valence-corrected chi connectivity index (χ3v) is 3.60. The number of carbonyl (C=O) groups is 3. The van der Waals surface area contributed by atoms with Crippen LogP contribution in [0.1, 0.15) is 46.1 Å². The first-order valence-corrected chi connectivity index (χ1v) is 9.01. The molecule has 1 aromatic carbocycles. The first kappa shape index (κ1) is 23.4. The number of hydrogen-bond donors (Lipinski definition) is 3. The molecule has 1 fully saturated rings. The zero-order chi connectivity index (χ0) is 21.3. The lowest BCUT2D eigenvalue weighted by molar-refractivity contribution is -0.195. The topological polar surface area (TPSA) is 131 Å². The molecule has 0 aliphatic carbocycles. The maximum Gasteiger partial charge on any atom is 0.333 e. The second-order valence-corrected chi connectivity index (χ2v) is 5.93. The highest BCUT2D eigenvalue weighted by atomic mass is 16.7. The van der Waals surface area contributed by atoms with Crippen LogP contribution in [0.15, 0.2) is 18.2 Å². The lowest BCUT2D eigenvalue weighted by atomic mass is 10.1. The molecule has 3 atom stereocenters. The highest BCUT2D eigenvalue weighted by Gasteiger charge is 2.34. The highest BCUT2D eigenvalue weighted by Crippen LogP contribution is 2.30. The van der Waals surface area contributed by atoms with Gasteiger partial charge in [-0.25, -0.2) is 4.79 Å². The first-order valence-electron chi connectivity index (χ1n) is 9.01. The van der Waals surface area contributed by atoms with Gasteiger partial charge in [-0.15, -0.1) is 0 Å². The van der Waals surface area contributed by atoms with Crippen molar-refractivity contribution in [3.05, 3.63) is 23.8 Å². The van der Waals surface area contributed by atoms with Crippen molar-refractivity contribution in [2.75, 3.05) is 5.32 Å². The zero-order valence-electron chi connectivity index (χ0n) is 16.4. The maximum absolute atomic E-state index is 11.4. The van der Waals surface area contributed by atoms with E-state index in [-0.39, 0.29) is 31.1 Å². The van der Waals surface area contributed by atoms with Crippen LogP contribution in [0.2, 0.25) is 0 Å². The van der Waals surface area contributed by atoms with E-state index < -0.39 is 30.4 Å². The molecule has 156 valence electrons. The van der Waals surface area contributed by atoms with Crippen molar-refractivity contribution in [1.29, 1.82) is 0 Å². The van der Waals surface area contributed by atoms with Gasteiger partial charge in [0.1, 0.15) is 12.4 Å². The average Bonchev–Trinajstić information content (AvgIpc) is 2.62. The smallest absolute Gasteiger partial charge is 0.333 e. The van der Waals surface area contributed by atoms with E-state index in [2.05, 4.69) is 5.32 Å². The number of esters is 1. The number of rotatable bonds is 6. The van der Waals surface area contributed by atoms with E-state index in [9.17, 15) is 19.5 Å². The molecule has 1 aliphatic rings. The van der Waals surface area contributed by atoms with E-state index in [1.165, 1.54) is 13.8 Å². The summed E-state index contributed by atoms with van der Waals surface area (Å²) in [6.07, 6.45) is -2.95. The van der Waals surface area contributed by atoms with E-state index in [1.807, 2.05) is 13.8 Å². The third-order valence-electron chi connectivity index (χ3n) is 3.60. The summed E-state index contributed by atoms with van der Waals surface area (Å²) in [4.78, 5) is 33.4. The lowest BCUT2D eigenvalue weighted by Crippen LogP contribution is -2.42. The fourth-order valence-corrected chi connectivity index (χ4v) is 2.48. The van der Waals surface area contributed by atoms with E-state index >= 15 is 0 Å². The summed E-state index contributed by atoms with van der Waals surface area (Å²) in [7, 11) is 0. The van der Waals surface area contributed by atoms with Gasteiger partial charge in [-0.3, -0.25) is 9.59 Å². The molecule has 0 bridgehead atoms. The number of carbonyl (C=O) groups excluding carboxylic acids is 2. The van der Waals surface area contributed by atoms with Crippen LogP contribution in [-0.4, -0.2) is 46.6 Å². The summed E-state index contributed by atoms with van der Waals surface area (Å²) in [5, 5.41) is 21.5. The Balaban J connectivity index is 0.00000190. The van der Waals surface area contributed by atoms with Crippen LogP contribution in [0.3, 0.4) is 0 Å². The number of anilines is 1. The Bertz CT molecular complexity index is 691. The molecule has 0 saturated carbocycles. The molecule has 1 aromatic rings. The van der Waals surface area contributed by atoms with Crippen molar-refractivity contribution in [3.63, 3.8) is 0 Å². The van der Waals surface area contributed by atoms with Gasteiger partial charge in [0.25, 0.3) is 0 Å². The minimum absolute atomic E-state index is 0.0188. The predicted octanol–water partition coefficient (Wildman–Crippen LogP) is 2.06. The quantitative estimate of drug-likeness (QED) is 0.622. The number of carboxylic acid groups (broad SMARTS) is 1. The molecule has 2 rings (SSSR count). The minimum Gasteiger partial charge on any atom is -0.479 e. The van der Waals surface area contributed by atoms with E-state index in [0.717, 1.165) is 0 Å². The Morgan fingerprint density at radius 1 is 1.21 bits per heavy atom. The molecule has 28 heavy (non-hydrogen) atoms. The Morgan fingerprint density at radius 2 is 1.89 bits per heavy atom. The second-order valence-electron chi connectivity index (χ2n) is 5.93. The van der Waals surface area contributed by atoms with Crippen molar-refractivity contribution >= 4 is 23.5 Å². The third kappa shape index (κ3) is 7.53. The second kappa shape index (κ2) is 11.3. The number of nitrogens with one attached hydrogen (secondary N) is 1. The fourth-order valence-electron chi connectivity index (χ4n) is 2.48. The zero-order valence-corrected chi connectivity index (χ0v) is 16.4. The van der Waals surface area contributed by atoms with E-state index in [1.54, 1.807) is 18.2 Å². The summed E-state index contributed by atoms with van der Waals surface area (Å²) in [5.74, 6) is -1.71. The molecule has 3 N–H and O–H groups in total. The summed E-state index contributed by atoms with van der Waals surface area (Å²) >= 11 is 0. The van der Waals surface area contributed by atoms with Crippen LogP contribution >= 0.6 is 0 Å². The molecule has 1 aliphatic heterocycles. The number of aliphatic hydroxyl groups excluding tert-OH is 1. The van der Waals surface area contributed by atoms with Gasteiger partial charge < -0.3 is 29.7 Å². The van der Waals surface area contributed by atoms with Gasteiger partial charge in [0.05, 0.1) is 11.8 Å². The van der Waals surface area contributed by atoms with Gasteiger partial charge >= 0.3 is 11.9 Å². The van der Waals surface area contributed by atoms with Crippen LogP contribution in [0.25, 0.3) is 0 Å². The number of carboxylic acids is 1. The van der Waals surface area contributed by atoms with Crippen molar-refractivity contribution in [2.45, 2.75) is 65.6 Å². The fraction of sp³-hybridized carbons (Fsp3) is 0.526. The minimum atomic E-state index is -1.18. The molecular weight excluding hydrogens is 370 g/mol. The van der Waals surface area contributed by atoms with Crippen LogP contribution in [0.5, 0.6) is 5.75 Å². The van der Waals surface area contributed by atoms with Gasteiger partial charge in [0, 0.05) is 26.7 Å². The van der Waals surface area contributed by atoms with Gasteiger partial charge in [-0.05, 0) is 17.7 Å². The Labute approximate surface area is 163 Å². The first-order chi connectivity index (χ1) is 13.2. The van der Waals surface area contributed by atoms with Gasteiger partial charge in [0.15, 0.2) is 6.10 Å². The molecule has 3 unspecified atom stereocenters. The van der Waals surface area contributed by atoms with Crippen molar-refractivity contribution in [2.24, 2.45) is 0 Å². The number of aliphatic carboxylic acids is 1. The molecule has 0 spiro atoms. The lowest BCUT2D eigenvalue weighted by Gasteiger charge is -2.31. The van der Waals surface area contributed by atoms with Crippen molar-refractivity contribution in [1.82, 2.24) is 0 Å². The standard InChI is InChI=1S/C17H21NO8.C2H6/c1-9(19)18-13-5-11(8-24-10(2)20)3-4-14(13)25-16-7-12(21)6-15(26-16)17(22)23;1-2/h3-5,12,15-16,21H,6-8H2,1-2H3,(H,18,19)(H,22,23);1-2H3. The molecule has 1 saturated heterocycles. The van der Waals surface area contributed by atoms with Gasteiger partial charge in [-0.2, -0.15) is 0 Å². The molecule has 0 radical (unpaired) electrons. The number of ether oxygens (including phenoxy) is 3. The largest absolute Gasteiger partial charge is 0.479 e. The molecule has 9 nitrogen and oxygen atoms in total. The summed E-state index contributed by atoms with van der Waals surface area (Å²) in [6.45, 7) is 6.64. The summed E-state index contributed by atoms with van der Waals surface area (Å²) in [5.41, 5.74) is 0.946. The maximum atomic E-state index is 11.4. The number of hydrogen-bond acceptors (Lipinski definition) is 7. The molecule has 9 heteroatoms. The SMILES string of the molecule is CC.CC(=O)Nc1cc(COC(C)=O)ccc1OC1CC(O)CC(C(=O)O)O1. The highest BCUT2D eigenvalue weighted by molar-refractivity contribution is 5.90. The Hall–Kier alpha value is -2.65. The monoisotopic (exact) mass is 397 g/mol. The van der Waals surface area contributed by atoms with Gasteiger partial charge in [0.2, 0.25) is 12.2 Å². The van der Waals surface area contributed by atoms with E-state index in [4.69, 9.17) is 19.3 Å². The van der Waals surface area contributed by atoms with Crippen molar-refractivity contribution in [3.8, 4) is 5.75 Å². The predicted molar refractivity (Wildman–Crippen MR) is 99.7 cm³/mol. The average molecular weight is 397 g/mol. The van der Waals surface area contributed by atoms with Crippen LogP contribution in [-0.2, 0) is 30.5 Å². The van der Waals surface area contributed by atoms with E-state index in [0.29, 0.717) is 11.3 Å². The number of aliphatic hydroxyl groups is 1. The molecule has 1 heterocycles. The van der Waals surface area contributed by atoms with Gasteiger partial charge in [-0.1, -0.05) is 19.9 Å². The summed E-state index contributed by atoms with van der Waals surface area (Å²) < 4.78 is 15.9. The normalized spacial score (nSPS) is 21.0. The number of benzene rings is 1. The van der Waals surface area contributed by atoms with Crippen molar-refractivity contribution < 1.29 is 38.8 Å².